The van der Waals surface area contributed by atoms with E-state index in [1.165, 1.54) is 23.0 Å². The van der Waals surface area contributed by atoms with Crippen molar-refractivity contribution in [2.24, 2.45) is 7.05 Å². The predicted octanol–water partition coefficient (Wildman–Crippen LogP) is 2.31. The first-order chi connectivity index (χ1) is 13.2. The third-order valence-electron chi connectivity index (χ3n) is 4.18. The molecule has 0 aliphatic heterocycles. The summed E-state index contributed by atoms with van der Waals surface area (Å²) in [5.41, 5.74) is 0.626. The molecule has 0 radical (unpaired) electrons. The number of halogens is 2. The number of carbonyl (C=O) groups is 1. The van der Waals surface area contributed by atoms with Gasteiger partial charge >= 0.3 is 0 Å². The minimum absolute atomic E-state index is 0.102. The highest BCUT2D eigenvalue weighted by molar-refractivity contribution is 7.93. The third-order valence-corrected chi connectivity index (χ3v) is 6.29. The topological polar surface area (TPSA) is 119 Å². The zero-order valence-corrected chi connectivity index (χ0v) is 16.1. The van der Waals surface area contributed by atoms with Crippen LogP contribution in [0.4, 0.5) is 16.0 Å². The van der Waals surface area contributed by atoms with Gasteiger partial charge in [-0.25, -0.2) is 17.8 Å². The largest absolute Gasteiger partial charge is 0.321 e. The van der Waals surface area contributed by atoms with Crippen molar-refractivity contribution < 1.29 is 17.6 Å². The third kappa shape index (κ3) is 3.50. The Bertz CT molecular complexity index is 1210. The Labute approximate surface area is 164 Å². The molecule has 12 heteroatoms. The van der Waals surface area contributed by atoms with E-state index in [9.17, 15) is 17.6 Å². The lowest BCUT2D eigenvalue weighted by atomic mass is 10.2. The van der Waals surface area contributed by atoms with E-state index in [2.05, 4.69) is 25.1 Å². The molecule has 1 amide bonds. The van der Waals surface area contributed by atoms with E-state index >= 15 is 0 Å². The smallest absolute Gasteiger partial charge is 0.274 e. The maximum Gasteiger partial charge on any atom is 0.274 e. The number of nitrogens with one attached hydrogen (secondary N) is 2. The van der Waals surface area contributed by atoms with Gasteiger partial charge in [-0.2, -0.15) is 10.1 Å². The maximum absolute atomic E-state index is 13.3. The van der Waals surface area contributed by atoms with E-state index in [1.807, 2.05) is 0 Å². The number of rotatable bonds is 5. The molecule has 0 unspecified atom stereocenters. The highest BCUT2D eigenvalue weighted by Crippen LogP contribution is 2.29. The second-order valence-electron chi connectivity index (χ2n) is 6.33. The number of aromatic nitrogens is 4. The molecule has 2 aromatic heterocycles. The minimum Gasteiger partial charge on any atom is -0.321 e. The van der Waals surface area contributed by atoms with Crippen molar-refractivity contribution in [2.75, 3.05) is 10.0 Å². The first kappa shape index (κ1) is 18.6. The van der Waals surface area contributed by atoms with Crippen molar-refractivity contribution in [2.45, 2.75) is 18.1 Å². The number of hydrogen-bond donors (Lipinski definition) is 2. The molecule has 2 N–H and O–H groups in total. The Hall–Kier alpha value is -2.79. The number of amides is 1. The first-order valence-corrected chi connectivity index (χ1v) is 10.1. The molecule has 0 saturated heterocycles. The molecular weight excluding hydrogens is 411 g/mol. The molecule has 1 saturated carbocycles. The number of sulfonamides is 1. The zero-order chi connectivity index (χ0) is 20.1. The van der Waals surface area contributed by atoms with Gasteiger partial charge in [-0.05, 0) is 31.0 Å². The molecule has 0 bridgehead atoms. The quantitative estimate of drug-likeness (QED) is 0.648. The monoisotopic (exact) mass is 424 g/mol. The van der Waals surface area contributed by atoms with E-state index in [4.69, 9.17) is 11.6 Å². The molecule has 4 rings (SSSR count). The van der Waals surface area contributed by atoms with E-state index < -0.39 is 27.0 Å². The van der Waals surface area contributed by atoms with Crippen molar-refractivity contribution >= 4 is 50.2 Å². The molecular formula is C16H14ClFN6O3S. The number of fused-ring (bicyclic) bond motifs is 1. The normalized spacial score (nSPS) is 14.2. The van der Waals surface area contributed by atoms with Crippen LogP contribution in [-0.2, 0) is 17.1 Å². The molecule has 9 nitrogen and oxygen atoms in total. The van der Waals surface area contributed by atoms with Crippen molar-refractivity contribution in [1.29, 1.82) is 0 Å². The van der Waals surface area contributed by atoms with Gasteiger partial charge in [-0.3, -0.25) is 14.2 Å². The number of aryl methyl sites for hydroxylation is 1. The van der Waals surface area contributed by atoms with Gasteiger partial charge in [0.05, 0.1) is 15.7 Å². The van der Waals surface area contributed by atoms with Gasteiger partial charge < -0.3 is 5.32 Å². The summed E-state index contributed by atoms with van der Waals surface area (Å²) in [5, 5.41) is 6.54. The average molecular weight is 425 g/mol. The van der Waals surface area contributed by atoms with Crippen molar-refractivity contribution in [3.05, 3.63) is 40.9 Å². The predicted molar refractivity (Wildman–Crippen MR) is 101 cm³/mol. The van der Waals surface area contributed by atoms with Gasteiger partial charge in [0.2, 0.25) is 16.0 Å². The van der Waals surface area contributed by atoms with Crippen LogP contribution in [0, 0.1) is 5.82 Å². The van der Waals surface area contributed by atoms with Gasteiger partial charge in [-0.15, -0.1) is 0 Å². The standard InChI is InChI=1S/C16H14ClFN6O3S/c1-24-13(15(25)20-8-2-5-12(18)11(17)6-8)10-7-19-16(21-14(10)22-24)23-28(26,27)9-3-4-9/h2,5-7,9H,3-4H2,1H3,(H,20,25)(H,21,22,23). The summed E-state index contributed by atoms with van der Waals surface area (Å²) in [6.07, 6.45) is 2.55. The van der Waals surface area contributed by atoms with Gasteiger partial charge in [0.1, 0.15) is 11.5 Å². The number of hydrogen-bond acceptors (Lipinski definition) is 6. The Morgan fingerprint density at radius 3 is 2.79 bits per heavy atom. The van der Waals surface area contributed by atoms with Crippen LogP contribution < -0.4 is 10.0 Å². The van der Waals surface area contributed by atoms with E-state index in [0.29, 0.717) is 23.9 Å². The Kier molecular flexibility index (Phi) is 4.42. The highest BCUT2D eigenvalue weighted by Gasteiger charge is 2.36. The fourth-order valence-electron chi connectivity index (χ4n) is 2.65. The van der Waals surface area contributed by atoms with Crippen LogP contribution in [0.5, 0.6) is 0 Å². The van der Waals surface area contributed by atoms with Crippen LogP contribution in [0.15, 0.2) is 24.4 Å². The molecule has 0 spiro atoms. The summed E-state index contributed by atoms with van der Waals surface area (Å²) in [6.45, 7) is 0. The molecule has 146 valence electrons. The van der Waals surface area contributed by atoms with Gasteiger partial charge in [0.15, 0.2) is 5.65 Å². The summed E-state index contributed by atoms with van der Waals surface area (Å²) in [6, 6.07) is 3.80. The number of benzene rings is 1. The van der Waals surface area contributed by atoms with Crippen LogP contribution >= 0.6 is 11.6 Å². The lowest BCUT2D eigenvalue weighted by Crippen LogP contribution is -2.19. The summed E-state index contributed by atoms with van der Waals surface area (Å²) in [4.78, 5) is 20.7. The van der Waals surface area contributed by atoms with Crippen molar-refractivity contribution in [1.82, 2.24) is 19.7 Å². The molecule has 1 aliphatic rings. The maximum atomic E-state index is 13.3. The summed E-state index contributed by atoms with van der Waals surface area (Å²) in [5.74, 6) is -1.22. The number of nitrogens with zero attached hydrogens (tertiary/aromatic N) is 4. The molecule has 1 aromatic carbocycles. The van der Waals surface area contributed by atoms with Crippen LogP contribution in [-0.4, -0.2) is 39.3 Å². The second-order valence-corrected chi connectivity index (χ2v) is 8.70. The molecule has 28 heavy (non-hydrogen) atoms. The van der Waals surface area contributed by atoms with Crippen molar-refractivity contribution in [3.63, 3.8) is 0 Å². The van der Waals surface area contributed by atoms with Gasteiger partial charge in [0, 0.05) is 18.9 Å². The Morgan fingerprint density at radius 1 is 1.36 bits per heavy atom. The van der Waals surface area contributed by atoms with Gasteiger partial charge in [0.25, 0.3) is 5.91 Å². The number of carbonyl (C=O) groups excluding carboxylic acids is 1. The van der Waals surface area contributed by atoms with E-state index in [-0.39, 0.29) is 22.3 Å². The zero-order valence-electron chi connectivity index (χ0n) is 14.5. The molecule has 1 aliphatic carbocycles. The Morgan fingerprint density at radius 2 is 2.11 bits per heavy atom. The first-order valence-electron chi connectivity index (χ1n) is 8.22. The fraction of sp³-hybridized carbons (Fsp3) is 0.250. The van der Waals surface area contributed by atoms with Crippen molar-refractivity contribution in [3.8, 4) is 0 Å². The van der Waals surface area contributed by atoms with Crippen LogP contribution in [0.3, 0.4) is 0 Å². The number of anilines is 2. The fourth-order valence-corrected chi connectivity index (χ4v) is 4.11. The Balaban J connectivity index is 1.62. The SMILES string of the molecule is Cn1nc2nc(NS(=O)(=O)C3CC3)ncc2c1C(=O)Nc1ccc(F)c(Cl)c1. The molecule has 2 heterocycles. The summed E-state index contributed by atoms with van der Waals surface area (Å²) >= 11 is 5.73. The average Bonchev–Trinajstić information content (AvgIpc) is 3.41. The highest BCUT2D eigenvalue weighted by atomic mass is 35.5. The molecule has 0 atom stereocenters. The van der Waals surface area contributed by atoms with E-state index in [1.54, 1.807) is 7.05 Å². The second kappa shape index (κ2) is 6.67. The molecule has 3 aromatic rings. The molecule has 1 fully saturated rings. The van der Waals surface area contributed by atoms with Crippen LogP contribution in [0.25, 0.3) is 11.0 Å². The summed E-state index contributed by atoms with van der Waals surface area (Å²) in [7, 11) is -1.96. The van der Waals surface area contributed by atoms with Crippen LogP contribution in [0.1, 0.15) is 23.3 Å². The minimum atomic E-state index is -3.51. The lowest BCUT2D eigenvalue weighted by molar-refractivity contribution is 0.101. The lowest BCUT2D eigenvalue weighted by Gasteiger charge is -2.07. The van der Waals surface area contributed by atoms with E-state index in [0.717, 1.165) is 6.07 Å². The van der Waals surface area contributed by atoms with Gasteiger partial charge in [-0.1, -0.05) is 11.6 Å². The summed E-state index contributed by atoms with van der Waals surface area (Å²) < 4.78 is 40.9. The van der Waals surface area contributed by atoms with Crippen LogP contribution in [0.2, 0.25) is 5.02 Å².